The summed E-state index contributed by atoms with van der Waals surface area (Å²) in [6, 6.07) is 0. The summed E-state index contributed by atoms with van der Waals surface area (Å²) < 4.78 is 25.9. The van der Waals surface area contributed by atoms with Crippen molar-refractivity contribution in [2.75, 3.05) is 33.0 Å². The molecule has 0 radical (unpaired) electrons. The fourth-order valence-electron chi connectivity index (χ4n) is 2.69. The van der Waals surface area contributed by atoms with Crippen LogP contribution in [0.2, 0.25) is 0 Å². The highest BCUT2D eigenvalue weighted by Crippen LogP contribution is 2.37. The molecule has 0 amide bonds. The second-order valence-electron chi connectivity index (χ2n) is 6.76. The highest BCUT2D eigenvalue weighted by Gasteiger charge is 2.07. The van der Waals surface area contributed by atoms with Gasteiger partial charge in [0.15, 0.2) is 0 Å². The largest absolute Gasteiger partial charge is 0.756 e. The van der Waals surface area contributed by atoms with Crippen molar-refractivity contribution in [2.24, 2.45) is 5.73 Å². The Morgan fingerprint density at radius 1 is 0.692 bits per heavy atom. The van der Waals surface area contributed by atoms with Crippen molar-refractivity contribution in [3.63, 3.8) is 0 Å². The second-order valence-corrected chi connectivity index (χ2v) is 8.17. The first-order chi connectivity index (χ1) is 12.6. The van der Waals surface area contributed by atoms with Crippen molar-refractivity contribution >= 4 is 7.82 Å². The number of nitrogens with two attached hydrogens (primary N) is 1. The van der Waals surface area contributed by atoms with Crippen LogP contribution in [-0.2, 0) is 18.3 Å². The summed E-state index contributed by atoms with van der Waals surface area (Å²) in [4.78, 5) is 11.2. The molecule has 0 aliphatic carbocycles. The smallest absolute Gasteiger partial charge is 0.267 e. The molecular formula is C19H41NO5P-. The van der Waals surface area contributed by atoms with Gasteiger partial charge in [-0.05, 0) is 12.8 Å². The molecule has 0 fully saturated rings. The first kappa shape index (κ1) is 26.0. The van der Waals surface area contributed by atoms with Crippen molar-refractivity contribution in [3.05, 3.63) is 0 Å². The maximum atomic E-state index is 11.2. The molecule has 0 heterocycles. The van der Waals surface area contributed by atoms with E-state index >= 15 is 0 Å². The summed E-state index contributed by atoms with van der Waals surface area (Å²) in [5, 5.41) is 0. The van der Waals surface area contributed by atoms with Gasteiger partial charge in [-0.1, -0.05) is 77.6 Å². The molecule has 0 aliphatic heterocycles. The van der Waals surface area contributed by atoms with Gasteiger partial charge in [0, 0.05) is 19.8 Å². The Labute approximate surface area is 160 Å². The number of ether oxygens (including phenoxy) is 1. The van der Waals surface area contributed by atoms with Crippen molar-refractivity contribution in [3.8, 4) is 0 Å². The number of phosphoric ester groups is 1. The third kappa shape index (κ3) is 20.3. The van der Waals surface area contributed by atoms with Gasteiger partial charge in [0.1, 0.15) is 0 Å². The Morgan fingerprint density at radius 2 is 1.15 bits per heavy atom. The van der Waals surface area contributed by atoms with Crippen LogP contribution < -0.4 is 10.6 Å². The lowest BCUT2D eigenvalue weighted by Gasteiger charge is -2.22. The first-order valence-electron chi connectivity index (χ1n) is 10.5. The summed E-state index contributed by atoms with van der Waals surface area (Å²) in [5.41, 5.74) is 5.17. The quantitative estimate of drug-likeness (QED) is 0.227. The summed E-state index contributed by atoms with van der Waals surface area (Å²) in [7, 11) is -4.18. The van der Waals surface area contributed by atoms with E-state index in [1.165, 1.54) is 70.6 Å². The molecule has 26 heavy (non-hydrogen) atoms. The van der Waals surface area contributed by atoms with Crippen LogP contribution in [0.1, 0.15) is 90.4 Å². The zero-order valence-electron chi connectivity index (χ0n) is 16.8. The monoisotopic (exact) mass is 394 g/mol. The Kier molecular flexibility index (Phi) is 19.8. The maximum absolute atomic E-state index is 11.2. The van der Waals surface area contributed by atoms with Crippen LogP contribution in [0, 0.1) is 0 Å². The maximum Gasteiger partial charge on any atom is 0.267 e. The van der Waals surface area contributed by atoms with Crippen molar-refractivity contribution in [1.82, 2.24) is 0 Å². The molecule has 0 saturated heterocycles. The van der Waals surface area contributed by atoms with E-state index in [9.17, 15) is 9.46 Å². The molecule has 2 N–H and O–H groups in total. The predicted molar refractivity (Wildman–Crippen MR) is 105 cm³/mol. The van der Waals surface area contributed by atoms with E-state index in [-0.39, 0.29) is 19.8 Å². The highest BCUT2D eigenvalue weighted by molar-refractivity contribution is 7.45. The zero-order chi connectivity index (χ0) is 19.3. The second kappa shape index (κ2) is 19.8. The summed E-state index contributed by atoms with van der Waals surface area (Å²) in [5.74, 6) is 0. The van der Waals surface area contributed by atoms with Crippen LogP contribution in [-0.4, -0.2) is 33.0 Å². The minimum absolute atomic E-state index is 0.0454. The van der Waals surface area contributed by atoms with E-state index in [1.54, 1.807) is 0 Å². The molecule has 1 atom stereocenters. The number of unbranched alkanes of at least 4 members (excludes halogenated alkanes) is 11. The van der Waals surface area contributed by atoms with Crippen LogP contribution in [0.3, 0.4) is 0 Å². The topological polar surface area (TPSA) is 93.8 Å². The van der Waals surface area contributed by atoms with Crippen LogP contribution in [0.15, 0.2) is 0 Å². The zero-order valence-corrected chi connectivity index (χ0v) is 17.7. The summed E-state index contributed by atoms with van der Waals surface area (Å²) in [6.07, 6.45) is 16.5. The number of rotatable bonds is 21. The van der Waals surface area contributed by atoms with E-state index in [4.69, 9.17) is 15.0 Å². The minimum atomic E-state index is -4.18. The lowest BCUT2D eigenvalue weighted by atomic mass is 10.1. The average molecular weight is 395 g/mol. The molecule has 1 unspecified atom stereocenters. The number of hydrogen-bond acceptors (Lipinski definition) is 6. The van der Waals surface area contributed by atoms with Gasteiger partial charge in [-0.3, -0.25) is 4.57 Å². The molecule has 0 aromatic rings. The van der Waals surface area contributed by atoms with Crippen molar-refractivity contribution in [2.45, 2.75) is 90.4 Å². The number of phosphoric acid groups is 1. The van der Waals surface area contributed by atoms with Crippen molar-refractivity contribution < 1.29 is 23.2 Å². The molecule has 0 bridgehead atoms. The third-order valence-electron chi connectivity index (χ3n) is 4.19. The average Bonchev–Trinajstić information content (AvgIpc) is 2.62. The van der Waals surface area contributed by atoms with Crippen molar-refractivity contribution in [1.29, 1.82) is 0 Å². The third-order valence-corrected chi connectivity index (χ3v) is 5.19. The Morgan fingerprint density at radius 3 is 1.69 bits per heavy atom. The molecule has 0 spiro atoms. The molecule has 7 heteroatoms. The molecular weight excluding hydrogens is 353 g/mol. The molecule has 6 nitrogen and oxygen atoms in total. The standard InChI is InChI=1S/C19H42NO5P/c1-2-3-4-5-6-7-8-9-10-11-12-13-16-23-17-14-18-24-26(21,22)25-19-15-20/h2-20H2,1H3,(H,21,22)/p-1. The van der Waals surface area contributed by atoms with E-state index < -0.39 is 7.82 Å². The van der Waals surface area contributed by atoms with Crippen LogP contribution in [0.25, 0.3) is 0 Å². The van der Waals surface area contributed by atoms with Crippen LogP contribution in [0.4, 0.5) is 0 Å². The lowest BCUT2D eigenvalue weighted by Crippen LogP contribution is -2.14. The molecule has 158 valence electrons. The van der Waals surface area contributed by atoms with Gasteiger partial charge >= 0.3 is 0 Å². The predicted octanol–water partition coefficient (Wildman–Crippen LogP) is 4.55. The fourth-order valence-corrected chi connectivity index (χ4v) is 3.44. The van der Waals surface area contributed by atoms with Gasteiger partial charge < -0.3 is 24.4 Å². The van der Waals surface area contributed by atoms with Gasteiger partial charge in [0.25, 0.3) is 7.82 Å². The molecule has 0 saturated carbocycles. The molecule has 0 rings (SSSR count). The van der Waals surface area contributed by atoms with E-state index in [2.05, 4.69) is 11.4 Å². The van der Waals surface area contributed by atoms with Gasteiger partial charge in [-0.15, -0.1) is 0 Å². The Balaban J connectivity index is 3.14. The van der Waals surface area contributed by atoms with Gasteiger partial charge in [-0.2, -0.15) is 0 Å². The minimum Gasteiger partial charge on any atom is -0.756 e. The fraction of sp³-hybridized carbons (Fsp3) is 1.00. The van der Waals surface area contributed by atoms with Gasteiger partial charge in [-0.25, -0.2) is 0 Å². The Hall–Kier alpha value is 0.0300. The SMILES string of the molecule is CCCCCCCCCCCCCCOCCCOP(=O)([O-])OCCN. The van der Waals surface area contributed by atoms with Crippen LogP contribution in [0.5, 0.6) is 0 Å². The Bertz CT molecular complexity index is 331. The normalized spacial score (nSPS) is 13.8. The molecule has 0 aliphatic rings. The first-order valence-corrected chi connectivity index (χ1v) is 12.0. The lowest BCUT2D eigenvalue weighted by molar-refractivity contribution is -0.225. The van der Waals surface area contributed by atoms with E-state index in [0.717, 1.165) is 13.0 Å². The molecule has 0 aromatic carbocycles. The van der Waals surface area contributed by atoms with Gasteiger partial charge in [0.2, 0.25) is 0 Å². The summed E-state index contributed by atoms with van der Waals surface area (Å²) >= 11 is 0. The van der Waals surface area contributed by atoms with E-state index in [1.807, 2.05) is 0 Å². The van der Waals surface area contributed by atoms with Crippen LogP contribution >= 0.6 is 7.82 Å². The summed E-state index contributed by atoms with van der Waals surface area (Å²) in [6.45, 7) is 3.69. The highest BCUT2D eigenvalue weighted by atomic mass is 31.2. The van der Waals surface area contributed by atoms with Gasteiger partial charge in [0.05, 0.1) is 13.2 Å². The van der Waals surface area contributed by atoms with E-state index in [0.29, 0.717) is 13.0 Å². The number of hydrogen-bond donors (Lipinski definition) is 1. The molecule has 0 aromatic heterocycles.